The first-order chi connectivity index (χ1) is 10.7. The molecule has 124 valence electrons. The van der Waals surface area contributed by atoms with E-state index in [4.69, 9.17) is 4.74 Å². The highest BCUT2D eigenvalue weighted by Crippen LogP contribution is 2.61. The molecule has 3 rings (SSSR count). The molecule has 1 N–H and O–H groups in total. The number of β-lactam (4-membered cyclic amide) rings is 1. The Labute approximate surface area is 146 Å². The lowest BCUT2D eigenvalue weighted by atomic mass is 9.85. The van der Waals surface area contributed by atoms with E-state index in [9.17, 15) is 14.7 Å². The molecule has 0 radical (unpaired) electrons. The second kappa shape index (κ2) is 5.46. The summed E-state index contributed by atoms with van der Waals surface area (Å²) in [6, 6.07) is 2.76. The Morgan fingerprint density at radius 1 is 1.57 bits per heavy atom. The zero-order valence-corrected chi connectivity index (χ0v) is 15.3. The Kier molecular flexibility index (Phi) is 3.97. The molecule has 6 nitrogen and oxygen atoms in total. The molecule has 23 heavy (non-hydrogen) atoms. The maximum Gasteiger partial charge on any atom is 0.330 e. The SMILES string of the molecule is COC(=O)[C@@H]1N2C(=O)[C@](Br)(C(O)c3cccnc3)[C@H]2SC1(C)C. The number of hydrogen-bond donors (Lipinski definition) is 1. The molecule has 3 heterocycles. The van der Waals surface area contributed by atoms with Crippen LogP contribution < -0.4 is 0 Å². The molecular formula is C15H17BrN2O4S. The largest absolute Gasteiger partial charge is 0.467 e. The minimum Gasteiger partial charge on any atom is -0.467 e. The van der Waals surface area contributed by atoms with Gasteiger partial charge in [-0.3, -0.25) is 9.78 Å². The molecule has 1 aromatic rings. The molecular weight excluding hydrogens is 384 g/mol. The summed E-state index contributed by atoms with van der Waals surface area (Å²) >= 11 is 4.93. The number of aliphatic hydroxyl groups is 1. The molecule has 1 unspecified atom stereocenters. The van der Waals surface area contributed by atoms with Crippen LogP contribution in [0.5, 0.6) is 0 Å². The Morgan fingerprint density at radius 2 is 2.26 bits per heavy atom. The number of alkyl halides is 1. The third-order valence-electron chi connectivity index (χ3n) is 4.35. The van der Waals surface area contributed by atoms with E-state index in [1.165, 1.54) is 30.0 Å². The van der Waals surface area contributed by atoms with Crippen LogP contribution in [0.25, 0.3) is 0 Å². The quantitative estimate of drug-likeness (QED) is 0.470. The highest BCUT2D eigenvalue weighted by Gasteiger charge is 2.73. The van der Waals surface area contributed by atoms with Gasteiger partial charge in [-0.15, -0.1) is 11.8 Å². The number of esters is 1. The van der Waals surface area contributed by atoms with Gasteiger partial charge < -0.3 is 14.7 Å². The molecule has 0 spiro atoms. The van der Waals surface area contributed by atoms with Gasteiger partial charge in [0.25, 0.3) is 0 Å². The van der Waals surface area contributed by atoms with Crippen LogP contribution in [-0.4, -0.2) is 54.5 Å². The first kappa shape index (κ1) is 16.7. The van der Waals surface area contributed by atoms with E-state index in [2.05, 4.69) is 20.9 Å². The lowest BCUT2D eigenvalue weighted by Gasteiger charge is -2.51. The summed E-state index contributed by atoms with van der Waals surface area (Å²) in [6.07, 6.45) is 2.09. The molecule has 1 aromatic heterocycles. The van der Waals surface area contributed by atoms with Gasteiger partial charge in [-0.05, 0) is 19.9 Å². The number of fused-ring (bicyclic) bond motifs is 1. The standard InChI is InChI=1S/C15H17BrN2O4S/c1-14(2)9(11(20)22-3)18-12(21)15(16,13(18)23-14)10(19)8-5-4-6-17-7-8/h4-7,9-10,13,19H,1-3H3/t9-,10?,13+,15+/m0/s1. The monoisotopic (exact) mass is 400 g/mol. The normalized spacial score (nSPS) is 32.9. The van der Waals surface area contributed by atoms with E-state index >= 15 is 0 Å². The van der Waals surface area contributed by atoms with Crippen molar-refractivity contribution >= 4 is 39.6 Å². The van der Waals surface area contributed by atoms with Crippen molar-refractivity contribution in [1.82, 2.24) is 9.88 Å². The van der Waals surface area contributed by atoms with E-state index in [0.717, 1.165) is 0 Å². The van der Waals surface area contributed by atoms with Crippen molar-refractivity contribution < 1.29 is 19.4 Å². The Balaban J connectivity index is 1.94. The molecule has 0 aliphatic carbocycles. The lowest BCUT2D eigenvalue weighted by molar-refractivity contribution is -0.166. The number of nitrogens with zero attached hydrogens (tertiary/aromatic N) is 2. The van der Waals surface area contributed by atoms with Crippen LogP contribution in [-0.2, 0) is 14.3 Å². The molecule has 0 bridgehead atoms. The van der Waals surface area contributed by atoms with Crippen molar-refractivity contribution in [2.24, 2.45) is 0 Å². The van der Waals surface area contributed by atoms with Gasteiger partial charge in [-0.1, -0.05) is 22.0 Å². The van der Waals surface area contributed by atoms with Crippen LogP contribution >= 0.6 is 27.7 Å². The van der Waals surface area contributed by atoms with E-state index in [0.29, 0.717) is 5.56 Å². The van der Waals surface area contributed by atoms with Gasteiger partial charge in [0, 0.05) is 22.7 Å². The summed E-state index contributed by atoms with van der Waals surface area (Å²) in [5.74, 6) is -0.754. The van der Waals surface area contributed by atoms with E-state index in [-0.39, 0.29) is 11.3 Å². The van der Waals surface area contributed by atoms with Crippen molar-refractivity contribution in [3.63, 3.8) is 0 Å². The molecule has 0 saturated carbocycles. The van der Waals surface area contributed by atoms with Crippen molar-refractivity contribution in [2.45, 2.75) is 40.4 Å². The molecule has 2 saturated heterocycles. The van der Waals surface area contributed by atoms with Gasteiger partial charge in [0.05, 0.1) is 7.11 Å². The highest BCUT2D eigenvalue weighted by molar-refractivity contribution is 9.10. The molecule has 2 aliphatic rings. The number of aromatic nitrogens is 1. The summed E-state index contributed by atoms with van der Waals surface area (Å²) < 4.78 is 3.18. The summed E-state index contributed by atoms with van der Waals surface area (Å²) in [5, 5.41) is 10.3. The van der Waals surface area contributed by atoms with Crippen LogP contribution in [0.4, 0.5) is 0 Å². The summed E-state index contributed by atoms with van der Waals surface area (Å²) in [5.41, 5.74) is 0.553. The average Bonchev–Trinajstić information content (AvgIpc) is 2.82. The highest BCUT2D eigenvalue weighted by atomic mass is 79.9. The topological polar surface area (TPSA) is 79.7 Å². The molecule has 8 heteroatoms. The van der Waals surface area contributed by atoms with Gasteiger partial charge in [-0.25, -0.2) is 4.79 Å². The number of pyridine rings is 1. The fourth-order valence-electron chi connectivity index (χ4n) is 3.17. The van der Waals surface area contributed by atoms with Crippen LogP contribution in [0, 0.1) is 0 Å². The van der Waals surface area contributed by atoms with E-state index < -0.39 is 27.2 Å². The number of carbonyl (C=O) groups excluding carboxylic acids is 2. The van der Waals surface area contributed by atoms with E-state index in [1.807, 2.05) is 13.8 Å². The fraction of sp³-hybridized carbons (Fsp3) is 0.533. The van der Waals surface area contributed by atoms with E-state index in [1.54, 1.807) is 18.3 Å². The number of halogens is 1. The minimum atomic E-state index is -1.17. The number of rotatable bonds is 3. The number of methoxy groups -OCH3 is 1. The Hall–Kier alpha value is -1.12. The number of hydrogen-bond acceptors (Lipinski definition) is 6. The first-order valence-corrected chi connectivity index (χ1v) is 8.77. The first-order valence-electron chi connectivity index (χ1n) is 7.10. The fourth-order valence-corrected chi connectivity index (χ4v) is 5.79. The molecule has 0 aromatic carbocycles. The lowest BCUT2D eigenvalue weighted by Crippen LogP contribution is -2.72. The van der Waals surface area contributed by atoms with Gasteiger partial charge >= 0.3 is 5.97 Å². The molecule has 2 aliphatic heterocycles. The number of aliphatic hydroxyl groups excluding tert-OH is 1. The van der Waals surface area contributed by atoms with Crippen LogP contribution in [0.1, 0.15) is 25.5 Å². The Morgan fingerprint density at radius 3 is 2.83 bits per heavy atom. The van der Waals surface area contributed by atoms with Gasteiger partial charge in [-0.2, -0.15) is 0 Å². The second-order valence-electron chi connectivity index (χ2n) is 6.17. The van der Waals surface area contributed by atoms with Crippen molar-refractivity contribution in [1.29, 1.82) is 0 Å². The predicted molar refractivity (Wildman–Crippen MR) is 89.0 cm³/mol. The maximum atomic E-state index is 12.8. The second-order valence-corrected chi connectivity index (χ2v) is 9.22. The summed E-state index contributed by atoms with van der Waals surface area (Å²) in [4.78, 5) is 30.4. The zero-order valence-electron chi connectivity index (χ0n) is 12.9. The molecule has 4 atom stereocenters. The number of carbonyl (C=O) groups is 2. The average molecular weight is 401 g/mol. The number of amides is 1. The minimum absolute atomic E-state index is 0.313. The summed E-state index contributed by atoms with van der Waals surface area (Å²) in [6.45, 7) is 3.80. The smallest absolute Gasteiger partial charge is 0.330 e. The van der Waals surface area contributed by atoms with Crippen molar-refractivity contribution in [2.75, 3.05) is 7.11 Å². The van der Waals surface area contributed by atoms with Gasteiger partial charge in [0.15, 0.2) is 4.32 Å². The van der Waals surface area contributed by atoms with Crippen LogP contribution in [0.2, 0.25) is 0 Å². The third kappa shape index (κ3) is 2.22. The summed E-state index contributed by atoms with van der Waals surface area (Å²) in [7, 11) is 1.31. The zero-order chi connectivity index (χ0) is 17.0. The van der Waals surface area contributed by atoms with Crippen LogP contribution in [0.3, 0.4) is 0 Å². The van der Waals surface area contributed by atoms with Crippen LogP contribution in [0.15, 0.2) is 24.5 Å². The number of thioether (sulfide) groups is 1. The molecule has 2 fully saturated rings. The van der Waals surface area contributed by atoms with Crippen molar-refractivity contribution in [3.8, 4) is 0 Å². The maximum absolute atomic E-state index is 12.8. The Bertz CT molecular complexity index is 656. The number of ether oxygens (including phenoxy) is 1. The third-order valence-corrected chi connectivity index (χ3v) is 7.51. The predicted octanol–water partition coefficient (Wildman–Crippen LogP) is 1.48. The van der Waals surface area contributed by atoms with Crippen molar-refractivity contribution in [3.05, 3.63) is 30.1 Å². The molecule has 1 amide bonds. The van der Waals surface area contributed by atoms with Gasteiger partial charge in [0.2, 0.25) is 5.91 Å². The van der Waals surface area contributed by atoms with Gasteiger partial charge in [0.1, 0.15) is 17.5 Å².